The minimum atomic E-state index is -0.898. The Bertz CT molecular complexity index is 1030. The van der Waals surface area contributed by atoms with Crippen LogP contribution in [0.3, 0.4) is 0 Å². The molecule has 0 aliphatic carbocycles. The van der Waals surface area contributed by atoms with Crippen LogP contribution in [0.5, 0.6) is 11.5 Å². The molecule has 0 aliphatic rings. The van der Waals surface area contributed by atoms with Crippen molar-refractivity contribution in [1.82, 2.24) is 10.7 Å². The molecule has 0 aliphatic heterocycles. The smallest absolute Gasteiger partial charge is 0.329 e. The van der Waals surface area contributed by atoms with E-state index in [1.165, 1.54) is 19.4 Å². The molecule has 168 valence electrons. The SMILES string of the molecule is C=CCNC(=O)C(=O)N/N=C\c1ccc(OCC(=O)Nc2ccc(C)cc2C)c(OC)c1. The number of nitrogens with one attached hydrogen (secondary N) is 3. The highest BCUT2D eigenvalue weighted by molar-refractivity contribution is 6.35. The molecule has 2 rings (SSSR count). The molecule has 32 heavy (non-hydrogen) atoms. The van der Waals surface area contributed by atoms with Gasteiger partial charge in [0.2, 0.25) is 0 Å². The second-order valence-electron chi connectivity index (χ2n) is 6.76. The maximum atomic E-state index is 12.2. The van der Waals surface area contributed by atoms with E-state index >= 15 is 0 Å². The molecule has 9 heteroatoms. The molecule has 0 saturated heterocycles. The number of hydrogen-bond donors (Lipinski definition) is 3. The molecule has 0 fully saturated rings. The van der Waals surface area contributed by atoms with Crippen LogP contribution in [-0.2, 0) is 14.4 Å². The van der Waals surface area contributed by atoms with Crippen LogP contribution in [0.2, 0.25) is 0 Å². The zero-order chi connectivity index (χ0) is 23.5. The number of nitrogens with zero attached hydrogens (tertiary/aromatic N) is 1. The Balaban J connectivity index is 1.93. The first kappa shape index (κ1) is 24.1. The molecule has 9 nitrogen and oxygen atoms in total. The molecular weight excluding hydrogens is 412 g/mol. The van der Waals surface area contributed by atoms with Gasteiger partial charge in [-0.1, -0.05) is 23.8 Å². The van der Waals surface area contributed by atoms with Gasteiger partial charge in [-0.05, 0) is 49.2 Å². The summed E-state index contributed by atoms with van der Waals surface area (Å²) < 4.78 is 10.9. The number of amides is 3. The zero-order valence-electron chi connectivity index (χ0n) is 18.2. The molecular formula is C23H26N4O5. The van der Waals surface area contributed by atoms with E-state index in [9.17, 15) is 14.4 Å². The topological polar surface area (TPSA) is 118 Å². The molecule has 0 heterocycles. The van der Waals surface area contributed by atoms with Crippen molar-refractivity contribution in [2.75, 3.05) is 25.6 Å². The van der Waals surface area contributed by atoms with E-state index in [1.807, 2.05) is 32.0 Å². The van der Waals surface area contributed by atoms with Gasteiger partial charge in [0.05, 0.1) is 13.3 Å². The van der Waals surface area contributed by atoms with Crippen LogP contribution in [0, 0.1) is 13.8 Å². The molecule has 0 spiro atoms. The first-order valence-electron chi connectivity index (χ1n) is 9.74. The molecule has 0 saturated carbocycles. The maximum Gasteiger partial charge on any atom is 0.329 e. The van der Waals surface area contributed by atoms with Gasteiger partial charge in [-0.3, -0.25) is 14.4 Å². The summed E-state index contributed by atoms with van der Waals surface area (Å²) in [5.74, 6) is -1.27. The minimum Gasteiger partial charge on any atom is -0.493 e. The third kappa shape index (κ3) is 7.28. The molecule has 3 N–H and O–H groups in total. The number of carbonyl (C=O) groups is 3. The Morgan fingerprint density at radius 1 is 1.06 bits per heavy atom. The molecule has 0 bridgehead atoms. The number of methoxy groups -OCH3 is 1. The summed E-state index contributed by atoms with van der Waals surface area (Å²) in [4.78, 5) is 35.3. The van der Waals surface area contributed by atoms with E-state index in [0.29, 0.717) is 17.1 Å². The number of hydrazone groups is 1. The van der Waals surface area contributed by atoms with Crippen LogP contribution in [0.15, 0.2) is 54.2 Å². The van der Waals surface area contributed by atoms with E-state index in [0.717, 1.165) is 16.8 Å². The Hall–Kier alpha value is -4.14. The largest absolute Gasteiger partial charge is 0.493 e. The maximum absolute atomic E-state index is 12.2. The van der Waals surface area contributed by atoms with Crippen molar-refractivity contribution in [3.05, 3.63) is 65.7 Å². The van der Waals surface area contributed by atoms with Crippen LogP contribution in [0.25, 0.3) is 0 Å². The number of hydrogen-bond acceptors (Lipinski definition) is 6. The Kier molecular flexibility index (Phi) is 8.97. The van der Waals surface area contributed by atoms with Gasteiger partial charge in [0.25, 0.3) is 5.91 Å². The molecule has 0 radical (unpaired) electrons. The van der Waals surface area contributed by atoms with Crippen LogP contribution in [-0.4, -0.2) is 44.2 Å². The van der Waals surface area contributed by atoms with Gasteiger partial charge >= 0.3 is 11.8 Å². The highest BCUT2D eigenvalue weighted by Crippen LogP contribution is 2.27. The van der Waals surface area contributed by atoms with Gasteiger partial charge in [-0.2, -0.15) is 5.10 Å². The fraction of sp³-hybridized carbons (Fsp3) is 0.217. The number of aryl methyl sites for hydroxylation is 2. The van der Waals surface area contributed by atoms with E-state index < -0.39 is 11.8 Å². The highest BCUT2D eigenvalue weighted by Gasteiger charge is 2.12. The Labute approximate surface area is 186 Å². The average molecular weight is 438 g/mol. The second kappa shape index (κ2) is 11.9. The number of anilines is 1. The standard InChI is InChI=1S/C23H26N4O5/c1-5-10-24-22(29)23(30)27-25-13-17-7-9-19(20(12-17)31-4)32-14-21(28)26-18-8-6-15(2)11-16(18)3/h5-9,11-13H,1,10,14H2,2-4H3,(H,24,29)(H,26,28)(H,27,30)/b25-13-. The van der Waals surface area contributed by atoms with Crippen LogP contribution in [0.4, 0.5) is 5.69 Å². The Morgan fingerprint density at radius 2 is 1.84 bits per heavy atom. The van der Waals surface area contributed by atoms with Gasteiger partial charge in [-0.25, -0.2) is 5.43 Å². The molecule has 3 amide bonds. The van der Waals surface area contributed by atoms with E-state index in [4.69, 9.17) is 9.47 Å². The quantitative estimate of drug-likeness (QED) is 0.240. The second-order valence-corrected chi connectivity index (χ2v) is 6.76. The van der Waals surface area contributed by atoms with Crippen molar-refractivity contribution in [2.45, 2.75) is 13.8 Å². The fourth-order valence-electron chi connectivity index (χ4n) is 2.63. The first-order valence-corrected chi connectivity index (χ1v) is 9.74. The fourth-order valence-corrected chi connectivity index (χ4v) is 2.63. The lowest BCUT2D eigenvalue weighted by Gasteiger charge is -2.12. The number of ether oxygens (including phenoxy) is 2. The molecule has 0 aromatic heterocycles. The number of rotatable bonds is 9. The number of carbonyl (C=O) groups excluding carboxylic acids is 3. The van der Waals surface area contributed by atoms with E-state index in [1.54, 1.807) is 18.2 Å². The van der Waals surface area contributed by atoms with E-state index in [2.05, 4.69) is 27.7 Å². The van der Waals surface area contributed by atoms with Crippen LogP contribution in [0.1, 0.15) is 16.7 Å². The minimum absolute atomic E-state index is 0.178. The predicted molar refractivity (Wildman–Crippen MR) is 122 cm³/mol. The number of benzene rings is 2. The summed E-state index contributed by atoms with van der Waals surface area (Å²) in [6.45, 7) is 7.32. The summed E-state index contributed by atoms with van der Waals surface area (Å²) >= 11 is 0. The van der Waals surface area contributed by atoms with Gasteiger partial charge in [0.1, 0.15) is 0 Å². The van der Waals surface area contributed by atoms with Gasteiger partial charge in [0, 0.05) is 12.2 Å². The summed E-state index contributed by atoms with van der Waals surface area (Å²) in [7, 11) is 1.46. The van der Waals surface area contributed by atoms with Crippen molar-refractivity contribution < 1.29 is 23.9 Å². The molecule has 0 atom stereocenters. The lowest BCUT2D eigenvalue weighted by Crippen LogP contribution is -2.37. The monoisotopic (exact) mass is 438 g/mol. The van der Waals surface area contributed by atoms with Crippen molar-refractivity contribution in [1.29, 1.82) is 0 Å². The van der Waals surface area contributed by atoms with Crippen molar-refractivity contribution >= 4 is 29.6 Å². The normalized spacial score (nSPS) is 10.3. The third-order valence-electron chi connectivity index (χ3n) is 4.20. The lowest BCUT2D eigenvalue weighted by atomic mass is 10.1. The van der Waals surface area contributed by atoms with Gasteiger partial charge in [0.15, 0.2) is 18.1 Å². The summed E-state index contributed by atoms with van der Waals surface area (Å²) in [5.41, 5.74) is 5.51. The van der Waals surface area contributed by atoms with Crippen LogP contribution < -0.4 is 25.5 Å². The lowest BCUT2D eigenvalue weighted by molar-refractivity contribution is -0.139. The summed E-state index contributed by atoms with van der Waals surface area (Å²) in [5, 5.41) is 8.89. The average Bonchev–Trinajstić information content (AvgIpc) is 2.78. The van der Waals surface area contributed by atoms with Crippen molar-refractivity contribution in [3.63, 3.8) is 0 Å². The van der Waals surface area contributed by atoms with Crippen molar-refractivity contribution in [2.24, 2.45) is 5.10 Å². The van der Waals surface area contributed by atoms with Crippen molar-refractivity contribution in [3.8, 4) is 11.5 Å². The van der Waals surface area contributed by atoms with Crippen LogP contribution >= 0.6 is 0 Å². The highest BCUT2D eigenvalue weighted by atomic mass is 16.5. The van der Waals surface area contributed by atoms with Gasteiger partial charge < -0.3 is 20.1 Å². The predicted octanol–water partition coefficient (Wildman–Crippen LogP) is 2.08. The molecule has 2 aromatic rings. The Morgan fingerprint density at radius 3 is 2.53 bits per heavy atom. The van der Waals surface area contributed by atoms with E-state index in [-0.39, 0.29) is 19.1 Å². The zero-order valence-corrected chi connectivity index (χ0v) is 18.2. The summed E-state index contributed by atoms with van der Waals surface area (Å²) in [6, 6.07) is 10.6. The molecule has 0 unspecified atom stereocenters. The first-order chi connectivity index (χ1) is 15.3. The molecule has 2 aromatic carbocycles. The third-order valence-corrected chi connectivity index (χ3v) is 4.20. The van der Waals surface area contributed by atoms with Gasteiger partial charge in [-0.15, -0.1) is 6.58 Å². The summed E-state index contributed by atoms with van der Waals surface area (Å²) in [6.07, 6.45) is 2.80.